The van der Waals surface area contributed by atoms with Crippen molar-refractivity contribution in [2.75, 3.05) is 13.2 Å². The number of carbonyl (C=O) groups excluding carboxylic acids is 1. The van der Waals surface area contributed by atoms with E-state index in [1.54, 1.807) is 0 Å². The molecule has 0 saturated heterocycles. The van der Waals surface area contributed by atoms with E-state index in [0.29, 0.717) is 12.0 Å². The van der Waals surface area contributed by atoms with E-state index in [0.717, 1.165) is 54.4 Å². The number of carbonyl (C=O) groups is 1. The normalized spacial score (nSPS) is 14.1. The highest BCUT2D eigenvalue weighted by Gasteiger charge is 2.49. The molecule has 35 heavy (non-hydrogen) atoms. The van der Waals surface area contributed by atoms with Crippen molar-refractivity contribution in [3.8, 4) is 23.3 Å². The van der Waals surface area contributed by atoms with Gasteiger partial charge in [-0.3, -0.25) is 0 Å². The smallest absolute Gasteiger partial charge is 0.359 e. The van der Waals surface area contributed by atoms with Crippen LogP contribution in [0.1, 0.15) is 70.4 Å². The lowest BCUT2D eigenvalue weighted by atomic mass is 9.86. The van der Waals surface area contributed by atoms with Crippen LogP contribution < -0.4 is 0 Å². The maximum atomic E-state index is 13.5. The molecule has 0 spiro atoms. The van der Waals surface area contributed by atoms with Crippen LogP contribution in [0.4, 0.5) is 0 Å². The maximum Gasteiger partial charge on any atom is 0.359 e. The number of hydrogen-bond donors (Lipinski definition) is 0. The number of benzene rings is 2. The number of ether oxygens (including phenoxy) is 2. The lowest BCUT2D eigenvalue weighted by molar-refractivity contribution is -0.162. The summed E-state index contributed by atoms with van der Waals surface area (Å²) in [7, 11) is 0. The summed E-state index contributed by atoms with van der Waals surface area (Å²) < 4.78 is 11.7. The van der Waals surface area contributed by atoms with Gasteiger partial charge < -0.3 is 9.47 Å². The van der Waals surface area contributed by atoms with Crippen LogP contribution in [0.25, 0.3) is 16.7 Å². The average Bonchev–Trinajstić information content (AvgIpc) is 3.22. The Bertz CT molecular complexity index is 1110. The molecule has 182 valence electrons. The minimum atomic E-state index is -2.14. The molecule has 2 atom stereocenters. The van der Waals surface area contributed by atoms with Crippen LogP contribution in [0.3, 0.4) is 0 Å². The van der Waals surface area contributed by atoms with E-state index < -0.39 is 11.6 Å². The highest BCUT2D eigenvalue weighted by Crippen LogP contribution is 2.47. The summed E-state index contributed by atoms with van der Waals surface area (Å²) in [5.41, 5.74) is 1.97. The topological polar surface area (TPSA) is 83.1 Å². The Morgan fingerprint density at radius 3 is 1.97 bits per heavy atom. The molecule has 1 aliphatic rings. The number of nitrogens with zero attached hydrogens (tertiary/aromatic N) is 2. The Hall–Kier alpha value is -3.41. The first-order valence-corrected chi connectivity index (χ1v) is 12.6. The van der Waals surface area contributed by atoms with Crippen molar-refractivity contribution < 1.29 is 14.3 Å². The molecule has 0 aromatic heterocycles. The monoisotopic (exact) mass is 470 g/mol. The summed E-state index contributed by atoms with van der Waals surface area (Å²) in [6.07, 6.45) is 5.40. The minimum absolute atomic E-state index is 0.00996. The van der Waals surface area contributed by atoms with Crippen molar-refractivity contribution in [1.82, 2.24) is 0 Å². The van der Waals surface area contributed by atoms with Gasteiger partial charge in [-0.1, -0.05) is 95.0 Å². The zero-order chi connectivity index (χ0) is 25.3. The quantitative estimate of drug-likeness (QED) is 0.165. The molecule has 0 N–H and O–H groups in total. The molecule has 0 amide bonds. The molecule has 0 aliphatic heterocycles. The lowest BCUT2D eigenvalue weighted by Crippen LogP contribution is -2.45. The molecule has 3 rings (SSSR count). The van der Waals surface area contributed by atoms with Crippen LogP contribution in [-0.2, 0) is 14.3 Å². The van der Waals surface area contributed by atoms with Gasteiger partial charge in [-0.05, 0) is 41.0 Å². The highest BCUT2D eigenvalue weighted by molar-refractivity contribution is 6.06. The first-order chi connectivity index (χ1) is 17.1. The van der Waals surface area contributed by atoms with Crippen LogP contribution in [0.5, 0.6) is 0 Å². The van der Waals surface area contributed by atoms with Crippen LogP contribution in [0.15, 0.2) is 54.1 Å². The van der Waals surface area contributed by atoms with E-state index in [1.807, 2.05) is 55.5 Å². The third-order valence-corrected chi connectivity index (χ3v) is 6.65. The fourth-order valence-corrected chi connectivity index (χ4v) is 4.52. The van der Waals surface area contributed by atoms with Gasteiger partial charge in [-0.25, -0.2) is 4.79 Å². The number of esters is 1. The predicted octanol–water partition coefficient (Wildman–Crippen LogP) is 6.83. The molecular weight excluding hydrogens is 436 g/mol. The molecule has 2 aromatic carbocycles. The Kier molecular flexibility index (Phi) is 9.24. The molecule has 5 nitrogen and oxygen atoms in total. The molecule has 0 bridgehead atoms. The van der Waals surface area contributed by atoms with Gasteiger partial charge in [0.1, 0.15) is 12.1 Å². The largest absolute Gasteiger partial charge is 0.462 e. The van der Waals surface area contributed by atoms with Gasteiger partial charge in [-0.15, -0.1) is 0 Å². The van der Waals surface area contributed by atoms with Crippen LogP contribution in [0, 0.1) is 28.6 Å². The fourth-order valence-electron chi connectivity index (χ4n) is 4.52. The second-order valence-electron chi connectivity index (χ2n) is 8.96. The molecular formula is C30H34N2O3. The van der Waals surface area contributed by atoms with Gasteiger partial charge in [-0.2, -0.15) is 10.5 Å². The van der Waals surface area contributed by atoms with Crippen molar-refractivity contribution in [2.45, 2.75) is 64.9 Å². The Morgan fingerprint density at radius 2 is 1.49 bits per heavy atom. The van der Waals surface area contributed by atoms with E-state index in [1.165, 1.54) is 0 Å². The number of nitriles is 2. The third-order valence-electron chi connectivity index (χ3n) is 6.65. The summed E-state index contributed by atoms with van der Waals surface area (Å²) in [4.78, 5) is 13.5. The number of hydrogen-bond acceptors (Lipinski definition) is 5. The standard InChI is InChI=1S/C30H34N2O3/c1-4-7-13-22(6-3)20-35-30(21-32,29(33)34-18-8-5-2)27(19-31)28-25-16-11-9-14-23(25)24-15-10-12-17-26(24)28/h9-12,14-17,22H,4-8,13,18,20H2,1-3H3. The predicted molar refractivity (Wildman–Crippen MR) is 137 cm³/mol. The summed E-state index contributed by atoms with van der Waals surface area (Å²) in [6, 6.07) is 19.8. The van der Waals surface area contributed by atoms with Gasteiger partial charge in [0, 0.05) is 5.57 Å². The molecule has 0 heterocycles. The second-order valence-corrected chi connectivity index (χ2v) is 8.96. The molecule has 5 heteroatoms. The van der Waals surface area contributed by atoms with Crippen LogP contribution in [0.2, 0.25) is 0 Å². The van der Waals surface area contributed by atoms with E-state index >= 15 is 0 Å². The molecule has 0 fully saturated rings. The summed E-state index contributed by atoms with van der Waals surface area (Å²) in [6.45, 7) is 6.58. The number of fused-ring (bicyclic) bond motifs is 3. The average molecular weight is 471 g/mol. The zero-order valence-electron chi connectivity index (χ0n) is 21.0. The summed E-state index contributed by atoms with van der Waals surface area (Å²) in [5.74, 6) is -0.635. The van der Waals surface area contributed by atoms with E-state index in [2.05, 4.69) is 26.0 Å². The maximum absolute atomic E-state index is 13.5. The first-order valence-electron chi connectivity index (χ1n) is 12.6. The summed E-state index contributed by atoms with van der Waals surface area (Å²) >= 11 is 0. The zero-order valence-corrected chi connectivity index (χ0v) is 21.0. The Labute approximate surface area is 209 Å². The molecule has 2 unspecified atom stereocenters. The van der Waals surface area contributed by atoms with Gasteiger partial charge in [0.25, 0.3) is 5.60 Å². The second kappa shape index (κ2) is 12.3. The van der Waals surface area contributed by atoms with E-state index in [-0.39, 0.29) is 24.7 Å². The van der Waals surface area contributed by atoms with E-state index in [9.17, 15) is 15.3 Å². The first kappa shape index (κ1) is 26.2. The van der Waals surface area contributed by atoms with Gasteiger partial charge in [0.05, 0.1) is 18.8 Å². The van der Waals surface area contributed by atoms with Gasteiger partial charge >= 0.3 is 5.97 Å². The number of unbranched alkanes of at least 4 members (excludes halogenated alkanes) is 2. The number of rotatable bonds is 12. The molecule has 0 radical (unpaired) electrons. The molecule has 0 saturated carbocycles. The van der Waals surface area contributed by atoms with Crippen molar-refractivity contribution in [3.63, 3.8) is 0 Å². The van der Waals surface area contributed by atoms with Crippen LogP contribution in [-0.4, -0.2) is 24.8 Å². The van der Waals surface area contributed by atoms with Crippen molar-refractivity contribution in [1.29, 1.82) is 10.5 Å². The fraction of sp³-hybridized carbons (Fsp3) is 0.433. The molecule has 1 aliphatic carbocycles. The Morgan fingerprint density at radius 1 is 0.914 bits per heavy atom. The Balaban J connectivity index is 2.18. The molecule has 2 aromatic rings. The van der Waals surface area contributed by atoms with Crippen molar-refractivity contribution in [2.24, 2.45) is 5.92 Å². The summed E-state index contributed by atoms with van der Waals surface area (Å²) in [5, 5.41) is 20.9. The minimum Gasteiger partial charge on any atom is -0.462 e. The SMILES string of the molecule is CCCCOC(=O)C(C#N)(OCC(CC)CCCC)C(C#N)=C1c2ccccc2-c2ccccc21. The third kappa shape index (κ3) is 5.31. The van der Waals surface area contributed by atoms with Gasteiger partial charge in [0.2, 0.25) is 0 Å². The lowest BCUT2D eigenvalue weighted by Gasteiger charge is -2.28. The van der Waals surface area contributed by atoms with Gasteiger partial charge in [0.15, 0.2) is 0 Å². The van der Waals surface area contributed by atoms with Crippen molar-refractivity contribution in [3.05, 3.63) is 65.2 Å². The van der Waals surface area contributed by atoms with Crippen LogP contribution >= 0.6 is 0 Å². The van der Waals surface area contributed by atoms with E-state index in [4.69, 9.17) is 9.47 Å². The van der Waals surface area contributed by atoms with Crippen molar-refractivity contribution >= 4 is 11.5 Å². The highest BCUT2D eigenvalue weighted by atomic mass is 16.6.